The first kappa shape index (κ1) is 14.7. The van der Waals surface area contributed by atoms with Crippen molar-refractivity contribution in [2.24, 2.45) is 0 Å². The van der Waals surface area contributed by atoms with E-state index in [-0.39, 0.29) is 5.91 Å². The van der Waals surface area contributed by atoms with Crippen LogP contribution in [0.5, 0.6) is 0 Å². The lowest BCUT2D eigenvalue weighted by Gasteiger charge is -2.08. The standard InChI is InChI=1S/C15H24N2O/c1-3-4-7-10-17-15(18)12-16-11-14-9-6-5-8-13(14)2/h5-6,8-9,16H,3-4,7,10-12H2,1-2H3,(H,17,18). The molecule has 0 unspecified atom stereocenters. The molecule has 0 aromatic heterocycles. The number of nitrogens with one attached hydrogen (secondary N) is 2. The molecule has 1 aromatic rings. The smallest absolute Gasteiger partial charge is 0.233 e. The number of hydrogen-bond donors (Lipinski definition) is 2. The Hall–Kier alpha value is -1.35. The highest BCUT2D eigenvalue weighted by Gasteiger charge is 2.01. The lowest BCUT2D eigenvalue weighted by Crippen LogP contribution is -2.34. The van der Waals surface area contributed by atoms with Crippen LogP contribution in [0.3, 0.4) is 0 Å². The van der Waals surface area contributed by atoms with Crippen molar-refractivity contribution in [3.63, 3.8) is 0 Å². The Morgan fingerprint density at radius 2 is 2.00 bits per heavy atom. The number of amides is 1. The van der Waals surface area contributed by atoms with E-state index in [0.717, 1.165) is 19.5 Å². The van der Waals surface area contributed by atoms with Gasteiger partial charge < -0.3 is 10.6 Å². The number of carbonyl (C=O) groups is 1. The molecule has 3 heteroatoms. The zero-order valence-electron chi connectivity index (χ0n) is 11.5. The van der Waals surface area contributed by atoms with Crippen molar-refractivity contribution < 1.29 is 4.79 Å². The molecule has 0 atom stereocenters. The second-order valence-corrected chi connectivity index (χ2v) is 4.59. The van der Waals surface area contributed by atoms with E-state index in [1.807, 2.05) is 12.1 Å². The van der Waals surface area contributed by atoms with Gasteiger partial charge in [0.15, 0.2) is 0 Å². The predicted molar refractivity (Wildman–Crippen MR) is 75.4 cm³/mol. The average Bonchev–Trinajstić information content (AvgIpc) is 2.37. The Labute approximate surface area is 110 Å². The number of rotatable bonds is 8. The lowest BCUT2D eigenvalue weighted by atomic mass is 10.1. The van der Waals surface area contributed by atoms with E-state index in [1.54, 1.807) is 0 Å². The van der Waals surface area contributed by atoms with Gasteiger partial charge in [0.25, 0.3) is 0 Å². The summed E-state index contributed by atoms with van der Waals surface area (Å²) >= 11 is 0. The highest BCUT2D eigenvalue weighted by Crippen LogP contribution is 2.05. The monoisotopic (exact) mass is 248 g/mol. The summed E-state index contributed by atoms with van der Waals surface area (Å²) in [6.45, 7) is 6.17. The number of hydrogen-bond acceptors (Lipinski definition) is 2. The number of benzene rings is 1. The van der Waals surface area contributed by atoms with Crippen LogP contribution in [-0.4, -0.2) is 19.0 Å². The Kier molecular flexibility index (Phi) is 7.11. The van der Waals surface area contributed by atoms with Gasteiger partial charge in [-0.25, -0.2) is 0 Å². The molecule has 1 aromatic carbocycles. The van der Waals surface area contributed by atoms with Crippen LogP contribution in [0.25, 0.3) is 0 Å². The predicted octanol–water partition coefficient (Wildman–Crippen LogP) is 2.39. The summed E-state index contributed by atoms with van der Waals surface area (Å²) in [5.41, 5.74) is 2.50. The zero-order valence-corrected chi connectivity index (χ0v) is 11.5. The molecule has 0 saturated carbocycles. The fourth-order valence-corrected chi connectivity index (χ4v) is 1.78. The molecule has 0 bridgehead atoms. The molecule has 100 valence electrons. The number of carbonyl (C=O) groups excluding carboxylic acids is 1. The Bertz CT molecular complexity index is 363. The molecule has 0 fully saturated rings. The van der Waals surface area contributed by atoms with Gasteiger partial charge in [-0.05, 0) is 24.5 Å². The maximum Gasteiger partial charge on any atom is 0.233 e. The SMILES string of the molecule is CCCCCNC(=O)CNCc1ccccc1C. The van der Waals surface area contributed by atoms with Gasteiger partial charge in [-0.3, -0.25) is 4.79 Å². The van der Waals surface area contributed by atoms with E-state index in [1.165, 1.54) is 24.0 Å². The van der Waals surface area contributed by atoms with Crippen LogP contribution >= 0.6 is 0 Å². The van der Waals surface area contributed by atoms with Gasteiger partial charge >= 0.3 is 0 Å². The van der Waals surface area contributed by atoms with Gasteiger partial charge in [0.05, 0.1) is 6.54 Å². The summed E-state index contributed by atoms with van der Waals surface area (Å²) in [6.07, 6.45) is 3.43. The summed E-state index contributed by atoms with van der Waals surface area (Å²) in [6, 6.07) is 8.22. The van der Waals surface area contributed by atoms with Gasteiger partial charge in [0.2, 0.25) is 5.91 Å². The summed E-state index contributed by atoms with van der Waals surface area (Å²) in [5.74, 6) is 0.0830. The average molecular weight is 248 g/mol. The maximum atomic E-state index is 11.5. The van der Waals surface area contributed by atoms with Gasteiger partial charge in [0, 0.05) is 13.1 Å². The van der Waals surface area contributed by atoms with Gasteiger partial charge in [0.1, 0.15) is 0 Å². The van der Waals surface area contributed by atoms with E-state index >= 15 is 0 Å². The largest absolute Gasteiger partial charge is 0.355 e. The molecule has 1 rings (SSSR count). The topological polar surface area (TPSA) is 41.1 Å². The quantitative estimate of drug-likeness (QED) is 0.694. The Balaban J connectivity index is 2.14. The molecule has 0 heterocycles. The van der Waals surface area contributed by atoms with Gasteiger partial charge in [-0.2, -0.15) is 0 Å². The fourth-order valence-electron chi connectivity index (χ4n) is 1.78. The number of unbranched alkanes of at least 4 members (excludes halogenated alkanes) is 2. The van der Waals surface area contributed by atoms with Crippen molar-refractivity contribution in [2.75, 3.05) is 13.1 Å². The zero-order chi connectivity index (χ0) is 13.2. The minimum Gasteiger partial charge on any atom is -0.355 e. The molecule has 0 aliphatic carbocycles. The van der Waals surface area contributed by atoms with E-state index in [0.29, 0.717) is 6.54 Å². The van der Waals surface area contributed by atoms with Crippen molar-refractivity contribution in [3.05, 3.63) is 35.4 Å². The van der Waals surface area contributed by atoms with E-state index in [4.69, 9.17) is 0 Å². The molecule has 2 N–H and O–H groups in total. The van der Waals surface area contributed by atoms with Crippen molar-refractivity contribution in [1.29, 1.82) is 0 Å². The summed E-state index contributed by atoms with van der Waals surface area (Å²) in [7, 11) is 0. The Morgan fingerprint density at radius 3 is 2.72 bits per heavy atom. The third-order valence-electron chi connectivity index (χ3n) is 2.96. The molecule has 18 heavy (non-hydrogen) atoms. The van der Waals surface area contributed by atoms with Crippen LogP contribution < -0.4 is 10.6 Å². The highest BCUT2D eigenvalue weighted by atomic mass is 16.1. The number of aryl methyl sites for hydroxylation is 1. The normalized spacial score (nSPS) is 10.3. The molecular weight excluding hydrogens is 224 g/mol. The summed E-state index contributed by atoms with van der Waals surface area (Å²) in [5, 5.41) is 6.09. The highest BCUT2D eigenvalue weighted by molar-refractivity contribution is 5.77. The second-order valence-electron chi connectivity index (χ2n) is 4.59. The maximum absolute atomic E-state index is 11.5. The third kappa shape index (κ3) is 5.82. The van der Waals surface area contributed by atoms with Crippen LogP contribution in [0.4, 0.5) is 0 Å². The minimum absolute atomic E-state index is 0.0830. The Morgan fingerprint density at radius 1 is 1.22 bits per heavy atom. The first-order chi connectivity index (χ1) is 8.74. The van der Waals surface area contributed by atoms with Crippen LogP contribution in [0, 0.1) is 6.92 Å². The summed E-state index contributed by atoms with van der Waals surface area (Å²) in [4.78, 5) is 11.5. The minimum atomic E-state index is 0.0830. The van der Waals surface area contributed by atoms with E-state index in [9.17, 15) is 4.79 Å². The van der Waals surface area contributed by atoms with E-state index < -0.39 is 0 Å². The molecule has 0 saturated heterocycles. The lowest BCUT2D eigenvalue weighted by molar-refractivity contribution is -0.120. The van der Waals surface area contributed by atoms with Crippen molar-refractivity contribution >= 4 is 5.91 Å². The summed E-state index contributed by atoms with van der Waals surface area (Å²) < 4.78 is 0. The van der Waals surface area contributed by atoms with Crippen LogP contribution in [0.15, 0.2) is 24.3 Å². The van der Waals surface area contributed by atoms with Crippen molar-refractivity contribution in [3.8, 4) is 0 Å². The molecule has 1 amide bonds. The molecule has 0 aliphatic heterocycles. The first-order valence-electron chi connectivity index (χ1n) is 6.76. The first-order valence-corrected chi connectivity index (χ1v) is 6.76. The fraction of sp³-hybridized carbons (Fsp3) is 0.533. The molecular formula is C15H24N2O. The second kappa shape index (κ2) is 8.70. The van der Waals surface area contributed by atoms with Crippen molar-refractivity contribution in [2.45, 2.75) is 39.7 Å². The molecule has 3 nitrogen and oxygen atoms in total. The third-order valence-corrected chi connectivity index (χ3v) is 2.96. The van der Waals surface area contributed by atoms with Crippen LogP contribution in [-0.2, 0) is 11.3 Å². The van der Waals surface area contributed by atoms with Gasteiger partial charge in [-0.1, -0.05) is 44.0 Å². The molecule has 0 aliphatic rings. The van der Waals surface area contributed by atoms with Crippen LogP contribution in [0.2, 0.25) is 0 Å². The van der Waals surface area contributed by atoms with Gasteiger partial charge in [-0.15, -0.1) is 0 Å². The van der Waals surface area contributed by atoms with E-state index in [2.05, 4.69) is 36.6 Å². The van der Waals surface area contributed by atoms with Crippen molar-refractivity contribution in [1.82, 2.24) is 10.6 Å². The molecule has 0 radical (unpaired) electrons. The van der Waals surface area contributed by atoms with Crippen LogP contribution in [0.1, 0.15) is 37.3 Å². The molecule has 0 spiro atoms.